The number of carbonyl (C=O) groups is 2. The molecule has 0 aromatic heterocycles. The van der Waals surface area contributed by atoms with Crippen molar-refractivity contribution in [2.45, 2.75) is 70.2 Å². The Labute approximate surface area is 179 Å². The maximum atomic E-state index is 12.7. The Bertz CT molecular complexity index is 892. The highest BCUT2D eigenvalue weighted by molar-refractivity contribution is 7.89. The summed E-state index contributed by atoms with van der Waals surface area (Å²) in [4.78, 5) is 28.9. The van der Waals surface area contributed by atoms with Crippen LogP contribution in [0.4, 0.5) is 5.69 Å². The molecule has 1 aromatic rings. The summed E-state index contributed by atoms with van der Waals surface area (Å²) in [7, 11) is -3.57. The zero-order valence-corrected chi connectivity index (χ0v) is 19.0. The van der Waals surface area contributed by atoms with E-state index in [1.165, 1.54) is 0 Å². The van der Waals surface area contributed by atoms with Crippen molar-refractivity contribution in [3.8, 4) is 0 Å². The van der Waals surface area contributed by atoms with Crippen molar-refractivity contribution in [1.29, 1.82) is 0 Å². The Morgan fingerprint density at radius 1 is 1.13 bits per heavy atom. The molecule has 0 radical (unpaired) electrons. The summed E-state index contributed by atoms with van der Waals surface area (Å²) >= 11 is 0. The number of piperidine rings is 1. The lowest BCUT2D eigenvalue weighted by Gasteiger charge is -2.30. The van der Waals surface area contributed by atoms with Crippen LogP contribution >= 0.6 is 0 Å². The fraction of sp³-hybridized carbons (Fsp3) is 0.636. The highest BCUT2D eigenvalue weighted by Gasteiger charge is 2.28. The Balaban J connectivity index is 1.61. The zero-order chi connectivity index (χ0) is 21.9. The van der Waals surface area contributed by atoms with Gasteiger partial charge < -0.3 is 9.80 Å². The Kier molecular flexibility index (Phi) is 7.18. The van der Waals surface area contributed by atoms with E-state index in [2.05, 4.69) is 11.6 Å². The van der Waals surface area contributed by atoms with E-state index in [0.29, 0.717) is 25.3 Å². The van der Waals surface area contributed by atoms with Crippen LogP contribution < -0.4 is 9.62 Å². The number of carbonyl (C=O) groups excluding carboxylic acids is 2. The third kappa shape index (κ3) is 5.21. The minimum Gasteiger partial charge on any atom is -0.343 e. The van der Waals surface area contributed by atoms with Crippen molar-refractivity contribution < 1.29 is 18.0 Å². The lowest BCUT2D eigenvalue weighted by atomic mass is 9.99. The van der Waals surface area contributed by atoms with Crippen LogP contribution in [0.3, 0.4) is 0 Å². The molecule has 0 aliphatic carbocycles. The number of hydrogen-bond donors (Lipinski definition) is 1. The van der Waals surface area contributed by atoms with Crippen LogP contribution in [-0.4, -0.2) is 50.8 Å². The summed E-state index contributed by atoms with van der Waals surface area (Å²) < 4.78 is 27.7. The molecule has 1 N–H and O–H groups in total. The summed E-state index contributed by atoms with van der Waals surface area (Å²) in [6.45, 7) is 8.04. The topological polar surface area (TPSA) is 86.8 Å². The largest absolute Gasteiger partial charge is 0.343 e. The van der Waals surface area contributed by atoms with Crippen molar-refractivity contribution in [3.63, 3.8) is 0 Å². The van der Waals surface area contributed by atoms with Crippen LogP contribution in [0, 0.1) is 5.92 Å². The Morgan fingerprint density at radius 3 is 2.47 bits per heavy atom. The highest BCUT2D eigenvalue weighted by Crippen LogP contribution is 2.31. The standard InChI is InChI=1S/C22H33N3O4S/c1-4-17(3)23-30(28,29)19-5-6-20-18(15-19)11-14-25(20)22(27)8-7-21(26)24-12-9-16(2)10-13-24/h5-6,15-17,23H,4,7-14H2,1-3H3/t17-/m1/s1. The molecule has 0 unspecified atom stereocenters. The fourth-order valence-corrected chi connectivity index (χ4v) is 5.36. The van der Waals surface area contributed by atoms with Gasteiger partial charge in [0.25, 0.3) is 0 Å². The van der Waals surface area contributed by atoms with Crippen molar-refractivity contribution >= 4 is 27.5 Å². The Hall–Kier alpha value is -1.93. The monoisotopic (exact) mass is 435 g/mol. The molecule has 0 spiro atoms. The summed E-state index contributed by atoms with van der Waals surface area (Å²) in [6, 6.07) is 4.78. The van der Waals surface area contributed by atoms with E-state index in [1.54, 1.807) is 23.1 Å². The fourth-order valence-electron chi connectivity index (χ4n) is 3.99. The van der Waals surface area contributed by atoms with Gasteiger partial charge in [-0.1, -0.05) is 13.8 Å². The number of nitrogens with zero attached hydrogens (tertiary/aromatic N) is 2. The summed E-state index contributed by atoms with van der Waals surface area (Å²) in [5.41, 5.74) is 1.61. The van der Waals surface area contributed by atoms with Crippen LogP contribution in [0.25, 0.3) is 0 Å². The van der Waals surface area contributed by atoms with Crippen molar-refractivity contribution in [2.24, 2.45) is 5.92 Å². The predicted octanol–water partition coefficient (Wildman–Crippen LogP) is 2.69. The molecule has 2 aliphatic rings. The molecule has 30 heavy (non-hydrogen) atoms. The van der Waals surface area contributed by atoms with Crippen molar-refractivity contribution in [1.82, 2.24) is 9.62 Å². The minimum atomic E-state index is -3.57. The summed E-state index contributed by atoms with van der Waals surface area (Å²) in [5.74, 6) is 0.624. The van der Waals surface area contributed by atoms with E-state index < -0.39 is 10.0 Å². The van der Waals surface area contributed by atoms with E-state index in [1.807, 2.05) is 18.7 Å². The number of benzene rings is 1. The van der Waals surface area contributed by atoms with Gasteiger partial charge in [0, 0.05) is 44.2 Å². The molecule has 0 saturated carbocycles. The van der Waals surface area contributed by atoms with Gasteiger partial charge in [-0.2, -0.15) is 0 Å². The number of rotatable bonds is 7. The molecule has 1 atom stereocenters. The van der Waals surface area contributed by atoms with E-state index in [-0.39, 0.29) is 35.6 Å². The van der Waals surface area contributed by atoms with E-state index in [4.69, 9.17) is 0 Å². The van der Waals surface area contributed by atoms with Gasteiger partial charge in [-0.25, -0.2) is 13.1 Å². The number of sulfonamides is 1. The number of hydrogen-bond acceptors (Lipinski definition) is 4. The molecule has 166 valence electrons. The van der Waals surface area contributed by atoms with Crippen molar-refractivity contribution in [2.75, 3.05) is 24.5 Å². The second-order valence-electron chi connectivity index (χ2n) is 8.58. The number of fused-ring (bicyclic) bond motifs is 1. The number of nitrogens with one attached hydrogen (secondary N) is 1. The quantitative estimate of drug-likeness (QED) is 0.713. The normalized spacial score (nSPS) is 18.4. The van der Waals surface area contributed by atoms with Crippen LogP contribution in [-0.2, 0) is 26.0 Å². The zero-order valence-electron chi connectivity index (χ0n) is 18.2. The molecule has 7 nitrogen and oxygen atoms in total. The Morgan fingerprint density at radius 2 is 1.80 bits per heavy atom. The smallest absolute Gasteiger partial charge is 0.240 e. The van der Waals surface area contributed by atoms with E-state index in [0.717, 1.165) is 37.2 Å². The molecule has 2 aliphatic heterocycles. The van der Waals surface area contributed by atoms with Gasteiger partial charge in [0.1, 0.15) is 0 Å². The summed E-state index contributed by atoms with van der Waals surface area (Å²) in [5, 5.41) is 0. The molecule has 2 heterocycles. The number of likely N-dealkylation sites (tertiary alicyclic amines) is 1. The third-order valence-corrected chi connectivity index (χ3v) is 7.80. The molecule has 3 rings (SSSR count). The average Bonchev–Trinajstić information content (AvgIpc) is 3.15. The minimum absolute atomic E-state index is 0.0484. The van der Waals surface area contributed by atoms with Gasteiger partial charge in [-0.05, 0) is 62.3 Å². The maximum Gasteiger partial charge on any atom is 0.240 e. The van der Waals surface area contributed by atoms with Gasteiger partial charge in [0.15, 0.2) is 0 Å². The molecule has 2 amide bonds. The average molecular weight is 436 g/mol. The van der Waals surface area contributed by atoms with Crippen LogP contribution in [0.15, 0.2) is 23.1 Å². The van der Waals surface area contributed by atoms with Gasteiger partial charge in [-0.3, -0.25) is 9.59 Å². The molecule has 1 aromatic carbocycles. The predicted molar refractivity (Wildman–Crippen MR) is 117 cm³/mol. The molecule has 1 fully saturated rings. The number of anilines is 1. The first-order valence-corrected chi connectivity index (χ1v) is 12.4. The molecule has 1 saturated heterocycles. The lowest BCUT2D eigenvalue weighted by Crippen LogP contribution is -2.38. The van der Waals surface area contributed by atoms with E-state index in [9.17, 15) is 18.0 Å². The van der Waals surface area contributed by atoms with E-state index >= 15 is 0 Å². The lowest BCUT2D eigenvalue weighted by molar-refractivity contribution is -0.134. The second kappa shape index (κ2) is 9.47. The second-order valence-corrected chi connectivity index (χ2v) is 10.3. The first-order valence-electron chi connectivity index (χ1n) is 10.9. The van der Waals surface area contributed by atoms with Gasteiger partial charge in [0.2, 0.25) is 21.8 Å². The maximum absolute atomic E-state index is 12.7. The van der Waals surface area contributed by atoms with Gasteiger partial charge in [0.05, 0.1) is 4.90 Å². The summed E-state index contributed by atoms with van der Waals surface area (Å²) in [6.07, 6.45) is 3.78. The van der Waals surface area contributed by atoms with Crippen LogP contribution in [0.2, 0.25) is 0 Å². The van der Waals surface area contributed by atoms with Crippen molar-refractivity contribution in [3.05, 3.63) is 23.8 Å². The molecular formula is C22H33N3O4S. The number of amides is 2. The van der Waals surface area contributed by atoms with Gasteiger partial charge in [-0.15, -0.1) is 0 Å². The molecular weight excluding hydrogens is 402 g/mol. The molecule has 8 heteroatoms. The van der Waals surface area contributed by atoms with Crippen LogP contribution in [0.1, 0.15) is 58.4 Å². The van der Waals surface area contributed by atoms with Crippen LogP contribution in [0.5, 0.6) is 0 Å². The SMILES string of the molecule is CC[C@@H](C)NS(=O)(=O)c1ccc2c(c1)CCN2C(=O)CCC(=O)N1CCC(C)CC1. The first kappa shape index (κ1) is 22.7. The third-order valence-electron chi connectivity index (χ3n) is 6.22. The first-order chi connectivity index (χ1) is 14.2. The molecule has 0 bridgehead atoms. The van der Waals surface area contributed by atoms with Gasteiger partial charge >= 0.3 is 0 Å². The highest BCUT2D eigenvalue weighted by atomic mass is 32.2.